The van der Waals surface area contributed by atoms with Crippen molar-refractivity contribution in [3.63, 3.8) is 0 Å². The third kappa shape index (κ3) is 6.41. The molecule has 132 valence electrons. The van der Waals surface area contributed by atoms with Crippen LogP contribution in [0.25, 0.3) is 0 Å². The van der Waals surface area contributed by atoms with Crippen LogP contribution >= 0.6 is 7.60 Å². The predicted molar refractivity (Wildman–Crippen MR) is 98.9 cm³/mol. The van der Waals surface area contributed by atoms with Gasteiger partial charge in [-0.2, -0.15) is 0 Å². The van der Waals surface area contributed by atoms with Crippen molar-refractivity contribution in [3.05, 3.63) is 35.5 Å². The molecule has 0 aliphatic heterocycles. The Morgan fingerprint density at radius 3 is 2.48 bits per heavy atom. The fourth-order valence-electron chi connectivity index (χ4n) is 3.09. The van der Waals surface area contributed by atoms with Gasteiger partial charge < -0.3 is 9.05 Å². The van der Waals surface area contributed by atoms with Crippen LogP contribution in [-0.4, -0.2) is 19.4 Å². The Balaban J connectivity index is 2.77. The monoisotopic (exact) mass is 340 g/mol. The lowest BCUT2D eigenvalue weighted by molar-refractivity contribution is 0.222. The molecule has 1 atom stereocenters. The number of hydrogen-bond acceptors (Lipinski definition) is 3. The van der Waals surface area contributed by atoms with Crippen LogP contribution in [0.15, 0.2) is 35.5 Å². The first-order chi connectivity index (χ1) is 10.7. The van der Waals surface area contributed by atoms with Gasteiger partial charge in [-0.15, -0.1) is 0 Å². The Morgan fingerprint density at radius 2 is 1.96 bits per heavy atom. The average Bonchev–Trinajstić information content (AvgIpc) is 2.44. The zero-order chi connectivity index (χ0) is 17.5. The van der Waals surface area contributed by atoms with Crippen LogP contribution in [-0.2, 0) is 13.6 Å². The molecule has 0 aromatic heterocycles. The number of hydrogen-bond donors (Lipinski definition) is 0. The highest BCUT2D eigenvalue weighted by Gasteiger charge is 2.30. The van der Waals surface area contributed by atoms with E-state index in [1.165, 1.54) is 18.4 Å². The molecular weight excluding hydrogens is 307 g/mol. The molecule has 4 heteroatoms. The molecule has 0 amide bonds. The van der Waals surface area contributed by atoms with Gasteiger partial charge in [-0.25, -0.2) is 0 Å². The van der Waals surface area contributed by atoms with E-state index in [0.717, 1.165) is 5.57 Å². The molecule has 23 heavy (non-hydrogen) atoms. The topological polar surface area (TPSA) is 35.5 Å². The van der Waals surface area contributed by atoms with Crippen LogP contribution < -0.4 is 0 Å². The fourth-order valence-corrected chi connectivity index (χ4v) is 4.67. The maximum Gasteiger partial charge on any atom is 0.334 e. The predicted octanol–water partition coefficient (Wildman–Crippen LogP) is 6.14. The van der Waals surface area contributed by atoms with Gasteiger partial charge in [0.25, 0.3) is 0 Å². The van der Waals surface area contributed by atoms with E-state index in [-0.39, 0.29) is 0 Å². The van der Waals surface area contributed by atoms with Crippen LogP contribution in [0.4, 0.5) is 0 Å². The number of rotatable bonds is 8. The van der Waals surface area contributed by atoms with Crippen molar-refractivity contribution in [2.24, 2.45) is 11.3 Å². The van der Waals surface area contributed by atoms with Crippen molar-refractivity contribution in [2.75, 3.05) is 19.4 Å². The molecule has 0 saturated heterocycles. The van der Waals surface area contributed by atoms with Gasteiger partial charge in [-0.3, -0.25) is 4.57 Å². The summed E-state index contributed by atoms with van der Waals surface area (Å²) in [6, 6.07) is 0. The van der Waals surface area contributed by atoms with Crippen molar-refractivity contribution in [2.45, 2.75) is 54.4 Å². The first-order valence-electron chi connectivity index (χ1n) is 8.64. The van der Waals surface area contributed by atoms with Crippen molar-refractivity contribution in [1.82, 2.24) is 0 Å². The van der Waals surface area contributed by atoms with E-state index in [9.17, 15) is 4.57 Å². The minimum atomic E-state index is -2.99. The highest BCUT2D eigenvalue weighted by Crippen LogP contribution is 2.48. The summed E-state index contributed by atoms with van der Waals surface area (Å²) in [6.07, 6.45) is 11.4. The largest absolute Gasteiger partial charge is 0.334 e. The second-order valence-corrected chi connectivity index (χ2v) is 8.99. The van der Waals surface area contributed by atoms with Crippen molar-refractivity contribution in [3.8, 4) is 0 Å². The molecular formula is C19H33O3P. The Morgan fingerprint density at radius 1 is 1.35 bits per heavy atom. The normalized spacial score (nSPS) is 22.4. The van der Waals surface area contributed by atoms with Crippen LogP contribution in [0, 0.1) is 11.3 Å². The summed E-state index contributed by atoms with van der Waals surface area (Å²) < 4.78 is 23.1. The van der Waals surface area contributed by atoms with Gasteiger partial charge in [-0.05, 0) is 46.0 Å². The zero-order valence-corrected chi connectivity index (χ0v) is 16.5. The molecule has 1 aliphatic rings. The second-order valence-electron chi connectivity index (χ2n) is 6.89. The highest BCUT2D eigenvalue weighted by molar-refractivity contribution is 7.54. The smallest absolute Gasteiger partial charge is 0.309 e. The molecule has 0 saturated carbocycles. The van der Waals surface area contributed by atoms with E-state index >= 15 is 0 Å². The van der Waals surface area contributed by atoms with E-state index in [4.69, 9.17) is 9.05 Å². The molecule has 1 unspecified atom stereocenters. The van der Waals surface area contributed by atoms with Crippen molar-refractivity contribution in [1.29, 1.82) is 0 Å². The van der Waals surface area contributed by atoms with Gasteiger partial charge in [0.05, 0.1) is 19.4 Å². The van der Waals surface area contributed by atoms with Crippen LogP contribution in [0.2, 0.25) is 0 Å². The first kappa shape index (κ1) is 20.4. The maximum absolute atomic E-state index is 12.5. The van der Waals surface area contributed by atoms with Gasteiger partial charge in [-0.1, -0.05) is 49.3 Å². The molecule has 0 N–H and O–H groups in total. The third-order valence-electron chi connectivity index (χ3n) is 4.43. The van der Waals surface area contributed by atoms with Crippen LogP contribution in [0.3, 0.4) is 0 Å². The Bertz CT molecular complexity index is 505. The second kappa shape index (κ2) is 9.01. The fraction of sp³-hybridized carbons (Fsp3) is 0.684. The Hall–Kier alpha value is -0.630. The molecule has 0 spiro atoms. The van der Waals surface area contributed by atoms with Crippen molar-refractivity contribution < 1.29 is 13.6 Å². The van der Waals surface area contributed by atoms with Crippen LogP contribution in [0.5, 0.6) is 0 Å². The SMILES string of the molecule is CCOP(=O)(CC=C(C)C=CC1C(C)=CCCC1(C)C)OCC. The summed E-state index contributed by atoms with van der Waals surface area (Å²) in [7, 11) is -2.99. The average molecular weight is 340 g/mol. The Kier molecular flexibility index (Phi) is 8.00. The molecule has 0 aromatic rings. The van der Waals surface area contributed by atoms with Gasteiger partial charge in [0.2, 0.25) is 0 Å². The standard InChI is InChI=1S/C19H33O3P/c1-7-21-23(20,22-8-2)15-13-16(3)11-12-18-17(4)10-9-14-19(18,5)6/h10-13,18H,7-9,14-15H2,1-6H3. The highest BCUT2D eigenvalue weighted by atomic mass is 31.2. The molecule has 3 nitrogen and oxygen atoms in total. The van der Waals surface area contributed by atoms with E-state index in [0.29, 0.717) is 30.7 Å². The van der Waals surface area contributed by atoms with Crippen molar-refractivity contribution >= 4 is 7.60 Å². The number of allylic oxidation sites excluding steroid dienone is 6. The summed E-state index contributed by atoms with van der Waals surface area (Å²) in [4.78, 5) is 0. The minimum absolute atomic E-state index is 0.293. The summed E-state index contributed by atoms with van der Waals surface area (Å²) in [5, 5.41) is 0. The van der Waals surface area contributed by atoms with E-state index in [2.05, 4.69) is 39.0 Å². The zero-order valence-electron chi connectivity index (χ0n) is 15.6. The van der Waals surface area contributed by atoms with E-state index in [1.807, 2.05) is 26.8 Å². The third-order valence-corrected chi connectivity index (χ3v) is 6.36. The summed E-state index contributed by atoms with van der Waals surface area (Å²) in [5.74, 6) is 0.463. The molecule has 1 rings (SSSR count). The maximum atomic E-state index is 12.5. The lowest BCUT2D eigenvalue weighted by Gasteiger charge is -2.36. The quantitative estimate of drug-likeness (QED) is 0.302. The first-order valence-corrected chi connectivity index (χ1v) is 10.4. The molecule has 0 heterocycles. The van der Waals surface area contributed by atoms with Crippen LogP contribution in [0.1, 0.15) is 54.4 Å². The van der Waals surface area contributed by atoms with Gasteiger partial charge in [0.15, 0.2) is 0 Å². The molecule has 0 bridgehead atoms. The lowest BCUT2D eigenvalue weighted by atomic mass is 9.68. The van der Waals surface area contributed by atoms with E-state index in [1.54, 1.807) is 0 Å². The van der Waals surface area contributed by atoms with Gasteiger partial charge in [0, 0.05) is 5.92 Å². The summed E-state index contributed by atoms with van der Waals surface area (Å²) in [5.41, 5.74) is 2.83. The van der Waals surface area contributed by atoms with Gasteiger partial charge >= 0.3 is 7.60 Å². The summed E-state index contributed by atoms with van der Waals surface area (Å²) >= 11 is 0. The molecule has 0 radical (unpaired) electrons. The summed E-state index contributed by atoms with van der Waals surface area (Å²) in [6.45, 7) is 13.4. The molecule has 1 aliphatic carbocycles. The lowest BCUT2D eigenvalue weighted by Crippen LogP contribution is -2.26. The molecule has 0 aromatic carbocycles. The minimum Gasteiger partial charge on any atom is -0.309 e. The molecule has 0 fully saturated rings. The Labute approximate surface area is 142 Å². The van der Waals surface area contributed by atoms with Gasteiger partial charge in [0.1, 0.15) is 0 Å². The van der Waals surface area contributed by atoms with E-state index < -0.39 is 7.60 Å².